The summed E-state index contributed by atoms with van der Waals surface area (Å²) >= 11 is 1.00. The first-order chi connectivity index (χ1) is 14.1. The lowest BCUT2D eigenvalue weighted by Gasteiger charge is -2.17. The fraction of sp³-hybridized carbons (Fsp3) is 0.200. The number of anilines is 1. The van der Waals surface area contributed by atoms with Crippen molar-refractivity contribution in [3.05, 3.63) is 58.7 Å². The molecular formula is C20H19FN2O5S2. The maximum Gasteiger partial charge on any atom is 0.349 e. The number of sulfonamides is 1. The molecule has 1 amide bonds. The normalized spacial score (nSPS) is 11.6. The number of halogens is 1. The summed E-state index contributed by atoms with van der Waals surface area (Å²) in [6, 6.07) is 10.9. The Bertz CT molecular complexity index is 1240. The van der Waals surface area contributed by atoms with Crippen LogP contribution in [0.3, 0.4) is 0 Å². The molecule has 1 heterocycles. The number of rotatable bonds is 6. The second-order valence-electron chi connectivity index (χ2n) is 6.52. The molecule has 2 aromatic carbocycles. The number of amides is 1. The summed E-state index contributed by atoms with van der Waals surface area (Å²) in [5, 5.41) is 2.84. The van der Waals surface area contributed by atoms with E-state index in [1.165, 1.54) is 26.3 Å². The highest BCUT2D eigenvalue weighted by molar-refractivity contribution is 7.89. The molecule has 1 aromatic heterocycles. The van der Waals surface area contributed by atoms with Crippen LogP contribution in [0.5, 0.6) is 0 Å². The van der Waals surface area contributed by atoms with Crippen LogP contribution >= 0.6 is 11.3 Å². The quantitative estimate of drug-likeness (QED) is 0.581. The maximum absolute atomic E-state index is 13.7. The summed E-state index contributed by atoms with van der Waals surface area (Å²) in [5.41, 5.74) is 0.637. The Labute approximate surface area is 177 Å². The molecule has 0 aliphatic rings. The van der Waals surface area contributed by atoms with Crippen LogP contribution in [-0.4, -0.2) is 45.3 Å². The molecular weight excluding hydrogens is 431 g/mol. The van der Waals surface area contributed by atoms with Crippen LogP contribution in [0.2, 0.25) is 0 Å². The number of thiophene rings is 1. The summed E-state index contributed by atoms with van der Waals surface area (Å²) in [5.74, 6) is -1.91. The van der Waals surface area contributed by atoms with Crippen LogP contribution in [0, 0.1) is 12.7 Å². The van der Waals surface area contributed by atoms with Crippen molar-refractivity contribution in [3.8, 4) is 0 Å². The minimum atomic E-state index is -4.20. The Balaban J connectivity index is 1.90. The number of nitrogens with one attached hydrogen (secondary N) is 1. The third-order valence-electron chi connectivity index (χ3n) is 4.41. The number of hydrogen-bond acceptors (Lipinski definition) is 6. The van der Waals surface area contributed by atoms with E-state index in [2.05, 4.69) is 5.32 Å². The first kappa shape index (κ1) is 21.9. The lowest BCUT2D eigenvalue weighted by atomic mass is 10.2. The average molecular weight is 451 g/mol. The van der Waals surface area contributed by atoms with Crippen molar-refractivity contribution >= 4 is 49.0 Å². The van der Waals surface area contributed by atoms with Crippen molar-refractivity contribution in [1.29, 1.82) is 0 Å². The van der Waals surface area contributed by atoms with Crippen LogP contribution in [-0.2, 0) is 19.6 Å². The largest absolute Gasteiger partial charge is 0.465 e. The third-order valence-corrected chi connectivity index (χ3v) is 7.58. The molecule has 0 bridgehead atoms. The van der Waals surface area contributed by atoms with Gasteiger partial charge >= 0.3 is 5.97 Å². The van der Waals surface area contributed by atoms with Gasteiger partial charge in [-0.05, 0) is 30.7 Å². The van der Waals surface area contributed by atoms with Crippen LogP contribution in [0.1, 0.15) is 15.2 Å². The van der Waals surface area contributed by atoms with Gasteiger partial charge < -0.3 is 10.1 Å². The van der Waals surface area contributed by atoms with Gasteiger partial charge in [-0.1, -0.05) is 24.3 Å². The molecule has 0 saturated heterocycles. The Morgan fingerprint density at radius 3 is 2.57 bits per heavy atom. The van der Waals surface area contributed by atoms with Gasteiger partial charge in [0.05, 0.1) is 13.7 Å². The van der Waals surface area contributed by atoms with Gasteiger partial charge in [0.25, 0.3) is 0 Å². The topological polar surface area (TPSA) is 92.8 Å². The molecule has 0 saturated carbocycles. The molecule has 10 heteroatoms. The number of nitrogens with zero attached hydrogens (tertiary/aromatic N) is 1. The molecule has 0 aliphatic carbocycles. The Morgan fingerprint density at radius 1 is 1.20 bits per heavy atom. The minimum absolute atomic E-state index is 0.0634. The Kier molecular flexibility index (Phi) is 6.20. The molecule has 7 nitrogen and oxygen atoms in total. The molecule has 0 fully saturated rings. The number of aryl methyl sites for hydroxylation is 1. The smallest absolute Gasteiger partial charge is 0.349 e. The fourth-order valence-corrected chi connectivity index (χ4v) is 5.71. The number of ether oxygens (including phenoxy) is 1. The molecule has 0 spiro atoms. The van der Waals surface area contributed by atoms with Crippen molar-refractivity contribution in [3.63, 3.8) is 0 Å². The van der Waals surface area contributed by atoms with Gasteiger partial charge in [0.15, 0.2) is 0 Å². The minimum Gasteiger partial charge on any atom is -0.465 e. The van der Waals surface area contributed by atoms with E-state index < -0.39 is 34.3 Å². The van der Waals surface area contributed by atoms with E-state index in [4.69, 9.17) is 4.74 Å². The molecule has 158 valence electrons. The van der Waals surface area contributed by atoms with Crippen LogP contribution in [0.25, 0.3) is 10.1 Å². The SMILES string of the molecule is COC(=O)c1sc2ccccc2c1S(=O)(=O)N(C)CC(=O)Nc1ccc(C)c(F)c1. The Morgan fingerprint density at radius 2 is 1.90 bits per heavy atom. The van der Waals surface area contributed by atoms with Gasteiger partial charge in [0.2, 0.25) is 15.9 Å². The second kappa shape index (κ2) is 8.50. The van der Waals surface area contributed by atoms with Crippen LogP contribution < -0.4 is 5.32 Å². The fourth-order valence-electron chi connectivity index (χ4n) is 2.82. The van der Waals surface area contributed by atoms with Crippen molar-refractivity contribution in [1.82, 2.24) is 4.31 Å². The van der Waals surface area contributed by atoms with Crippen molar-refractivity contribution in [2.45, 2.75) is 11.8 Å². The van der Waals surface area contributed by atoms with E-state index in [1.807, 2.05) is 0 Å². The van der Waals surface area contributed by atoms with Gasteiger partial charge in [-0.2, -0.15) is 4.31 Å². The number of esters is 1. The van der Waals surface area contributed by atoms with Gasteiger partial charge in [-0.25, -0.2) is 17.6 Å². The molecule has 3 aromatic rings. The van der Waals surface area contributed by atoms with Gasteiger partial charge in [-0.3, -0.25) is 4.79 Å². The van der Waals surface area contributed by atoms with Gasteiger partial charge in [-0.15, -0.1) is 11.3 Å². The molecule has 1 N–H and O–H groups in total. The number of fused-ring (bicyclic) bond motifs is 1. The summed E-state index contributed by atoms with van der Waals surface area (Å²) in [6.45, 7) is 1.06. The average Bonchev–Trinajstić information content (AvgIpc) is 3.10. The van der Waals surface area contributed by atoms with E-state index in [1.54, 1.807) is 31.2 Å². The van der Waals surface area contributed by atoms with Gasteiger partial charge in [0.1, 0.15) is 15.6 Å². The van der Waals surface area contributed by atoms with E-state index in [-0.39, 0.29) is 15.5 Å². The summed E-state index contributed by atoms with van der Waals surface area (Å²) < 4.78 is 46.3. The first-order valence-corrected chi connectivity index (χ1v) is 11.0. The number of benzene rings is 2. The standard InChI is InChI=1S/C20H19FN2O5S2/c1-12-8-9-13(10-15(12)21)22-17(24)11-23(2)30(26,27)19-14-6-4-5-7-16(14)29-18(19)20(25)28-3/h4-10H,11H2,1-3H3,(H,22,24). The summed E-state index contributed by atoms with van der Waals surface area (Å²) in [6.07, 6.45) is 0. The van der Waals surface area contributed by atoms with E-state index >= 15 is 0 Å². The molecule has 30 heavy (non-hydrogen) atoms. The second-order valence-corrected chi connectivity index (χ2v) is 9.56. The zero-order chi connectivity index (χ0) is 22.1. The van der Waals surface area contributed by atoms with E-state index in [0.29, 0.717) is 15.6 Å². The predicted molar refractivity (Wildman–Crippen MR) is 113 cm³/mol. The van der Waals surface area contributed by atoms with Crippen molar-refractivity contribution < 1.29 is 27.1 Å². The highest BCUT2D eigenvalue weighted by Gasteiger charge is 2.32. The lowest BCUT2D eigenvalue weighted by Crippen LogP contribution is -2.35. The van der Waals surface area contributed by atoms with Crippen molar-refractivity contribution in [2.24, 2.45) is 0 Å². The van der Waals surface area contributed by atoms with Crippen LogP contribution in [0.4, 0.5) is 10.1 Å². The van der Waals surface area contributed by atoms with Crippen LogP contribution in [0.15, 0.2) is 47.4 Å². The zero-order valence-corrected chi connectivity index (χ0v) is 18.1. The highest BCUT2D eigenvalue weighted by Crippen LogP contribution is 2.36. The zero-order valence-electron chi connectivity index (χ0n) is 16.4. The monoisotopic (exact) mass is 450 g/mol. The number of carbonyl (C=O) groups excluding carboxylic acids is 2. The number of methoxy groups -OCH3 is 1. The number of hydrogen-bond donors (Lipinski definition) is 1. The lowest BCUT2D eigenvalue weighted by molar-refractivity contribution is -0.116. The van der Waals surface area contributed by atoms with Crippen molar-refractivity contribution in [2.75, 3.05) is 26.0 Å². The molecule has 0 atom stereocenters. The highest BCUT2D eigenvalue weighted by atomic mass is 32.2. The summed E-state index contributed by atoms with van der Waals surface area (Å²) in [4.78, 5) is 24.3. The first-order valence-electron chi connectivity index (χ1n) is 8.77. The molecule has 0 radical (unpaired) electrons. The number of likely N-dealkylation sites (N-methyl/N-ethyl adjacent to an activating group) is 1. The molecule has 0 aliphatic heterocycles. The molecule has 0 unspecified atom stereocenters. The van der Waals surface area contributed by atoms with Gasteiger partial charge in [0, 0.05) is 22.8 Å². The third kappa shape index (κ3) is 4.20. The maximum atomic E-state index is 13.7. The molecule has 3 rings (SSSR count). The summed E-state index contributed by atoms with van der Waals surface area (Å²) in [7, 11) is -1.80. The Hall–Kier alpha value is -2.82. The van der Waals surface area contributed by atoms with E-state index in [9.17, 15) is 22.4 Å². The predicted octanol–water partition coefficient (Wildman–Crippen LogP) is 3.39. The number of carbonyl (C=O) groups is 2. The van der Waals surface area contributed by atoms with E-state index in [0.717, 1.165) is 21.7 Å².